The molecule has 3 rings (SSSR count). The molecule has 1 aromatic carbocycles. The molecule has 0 unspecified atom stereocenters. The molecule has 1 atom stereocenters. The van der Waals surface area contributed by atoms with Gasteiger partial charge in [-0.05, 0) is 62.8 Å². The minimum Gasteiger partial charge on any atom is -0.448 e. The molecule has 0 spiro atoms. The molecule has 1 saturated heterocycles. The number of ether oxygens (including phenoxy) is 1. The van der Waals surface area contributed by atoms with Crippen LogP contribution in [0, 0.1) is 19.8 Å². The summed E-state index contributed by atoms with van der Waals surface area (Å²) in [6.45, 7) is 9.37. The van der Waals surface area contributed by atoms with E-state index in [1.807, 2.05) is 19.9 Å². The van der Waals surface area contributed by atoms with E-state index < -0.39 is 12.1 Å². The number of carbonyl (C=O) groups is 2. The zero-order valence-corrected chi connectivity index (χ0v) is 15.4. The van der Waals surface area contributed by atoms with E-state index in [2.05, 4.69) is 18.0 Å². The highest BCUT2D eigenvalue weighted by molar-refractivity contribution is 5.97. The Labute approximate surface area is 148 Å². The van der Waals surface area contributed by atoms with Crippen molar-refractivity contribution in [2.45, 2.75) is 46.6 Å². The largest absolute Gasteiger partial charge is 0.448 e. The van der Waals surface area contributed by atoms with E-state index in [4.69, 9.17) is 4.74 Å². The minimum atomic E-state index is -0.768. The first-order chi connectivity index (χ1) is 11.8. The molecule has 1 amide bonds. The zero-order valence-electron chi connectivity index (χ0n) is 15.4. The highest BCUT2D eigenvalue weighted by Gasteiger charge is 2.27. The predicted molar refractivity (Wildman–Crippen MR) is 97.6 cm³/mol. The second kappa shape index (κ2) is 6.90. The summed E-state index contributed by atoms with van der Waals surface area (Å²) in [6.07, 6.45) is 1.25. The average Bonchev–Trinajstić information content (AvgIpc) is 2.99. The van der Waals surface area contributed by atoms with E-state index in [1.54, 1.807) is 17.9 Å². The standard InChI is InChI=1S/C20H26N2O3/c1-12-5-7-22(8-6-12)19(23)15(4)25-20(24)18-11-16-14(3)9-13(2)10-17(16)21-18/h9-12,15,21H,5-8H2,1-4H3/t15-/m1/s1. The van der Waals surface area contributed by atoms with Gasteiger partial charge in [0.15, 0.2) is 6.10 Å². The quantitative estimate of drug-likeness (QED) is 0.867. The van der Waals surface area contributed by atoms with Crippen LogP contribution in [0.2, 0.25) is 0 Å². The van der Waals surface area contributed by atoms with Gasteiger partial charge in [0.1, 0.15) is 5.69 Å². The lowest BCUT2D eigenvalue weighted by molar-refractivity contribution is -0.141. The molecule has 5 heteroatoms. The van der Waals surface area contributed by atoms with Crippen molar-refractivity contribution in [1.82, 2.24) is 9.88 Å². The van der Waals surface area contributed by atoms with Gasteiger partial charge < -0.3 is 14.6 Å². The van der Waals surface area contributed by atoms with Gasteiger partial charge in [-0.1, -0.05) is 13.0 Å². The van der Waals surface area contributed by atoms with Crippen LogP contribution < -0.4 is 0 Å². The van der Waals surface area contributed by atoms with Crippen LogP contribution in [0.5, 0.6) is 0 Å². The molecule has 2 aromatic rings. The van der Waals surface area contributed by atoms with Crippen LogP contribution >= 0.6 is 0 Å². The third-order valence-electron chi connectivity index (χ3n) is 5.04. The van der Waals surface area contributed by atoms with Crippen LogP contribution in [0.3, 0.4) is 0 Å². The molecule has 1 fully saturated rings. The van der Waals surface area contributed by atoms with Crippen LogP contribution in [0.25, 0.3) is 10.9 Å². The van der Waals surface area contributed by atoms with Crippen LogP contribution in [-0.4, -0.2) is 41.0 Å². The van der Waals surface area contributed by atoms with Gasteiger partial charge in [0, 0.05) is 24.0 Å². The second-order valence-corrected chi connectivity index (χ2v) is 7.28. The fraction of sp³-hybridized carbons (Fsp3) is 0.500. The number of hydrogen-bond acceptors (Lipinski definition) is 3. The Kier molecular flexibility index (Phi) is 4.84. The summed E-state index contributed by atoms with van der Waals surface area (Å²) in [6, 6.07) is 5.88. The molecule has 1 aromatic heterocycles. The highest BCUT2D eigenvalue weighted by Crippen LogP contribution is 2.22. The van der Waals surface area contributed by atoms with E-state index in [9.17, 15) is 9.59 Å². The predicted octanol–water partition coefficient (Wildman–Crippen LogP) is 3.59. The van der Waals surface area contributed by atoms with Gasteiger partial charge in [-0.3, -0.25) is 4.79 Å². The monoisotopic (exact) mass is 342 g/mol. The first kappa shape index (κ1) is 17.5. The molecule has 25 heavy (non-hydrogen) atoms. The van der Waals surface area contributed by atoms with E-state index in [1.165, 1.54) is 0 Å². The number of H-pyrrole nitrogens is 1. The Morgan fingerprint density at radius 3 is 2.56 bits per heavy atom. The van der Waals surface area contributed by atoms with Crippen molar-refractivity contribution < 1.29 is 14.3 Å². The maximum absolute atomic E-state index is 12.5. The lowest BCUT2D eigenvalue weighted by Crippen LogP contribution is -2.44. The number of benzene rings is 1. The maximum Gasteiger partial charge on any atom is 0.355 e. The molecule has 1 aliphatic heterocycles. The third kappa shape index (κ3) is 3.70. The van der Waals surface area contributed by atoms with Crippen molar-refractivity contribution in [2.24, 2.45) is 5.92 Å². The Morgan fingerprint density at radius 1 is 1.20 bits per heavy atom. The lowest BCUT2D eigenvalue weighted by atomic mass is 9.99. The number of likely N-dealkylation sites (tertiary alicyclic amines) is 1. The molecule has 0 radical (unpaired) electrons. The Hall–Kier alpha value is -2.30. The summed E-state index contributed by atoms with van der Waals surface area (Å²) < 4.78 is 5.42. The first-order valence-electron chi connectivity index (χ1n) is 8.95. The van der Waals surface area contributed by atoms with Gasteiger partial charge in [-0.25, -0.2) is 4.79 Å². The second-order valence-electron chi connectivity index (χ2n) is 7.28. The summed E-state index contributed by atoms with van der Waals surface area (Å²) in [5.41, 5.74) is 3.54. The Morgan fingerprint density at radius 2 is 1.88 bits per heavy atom. The van der Waals surface area contributed by atoms with E-state index >= 15 is 0 Å². The molecule has 0 saturated carbocycles. The van der Waals surface area contributed by atoms with Gasteiger partial charge in [0.05, 0.1) is 0 Å². The number of esters is 1. The topological polar surface area (TPSA) is 62.4 Å². The van der Waals surface area contributed by atoms with Crippen molar-refractivity contribution in [3.05, 3.63) is 35.0 Å². The van der Waals surface area contributed by atoms with E-state index in [0.29, 0.717) is 11.6 Å². The van der Waals surface area contributed by atoms with Crippen molar-refractivity contribution in [3.63, 3.8) is 0 Å². The number of aromatic amines is 1. The fourth-order valence-electron chi connectivity index (χ4n) is 3.47. The SMILES string of the molecule is Cc1cc(C)c2cc(C(=O)O[C@H](C)C(=O)N3CCC(C)CC3)[nH]c2c1. The van der Waals surface area contributed by atoms with Gasteiger partial charge in [-0.15, -0.1) is 0 Å². The van der Waals surface area contributed by atoms with Crippen molar-refractivity contribution >= 4 is 22.8 Å². The number of piperidine rings is 1. The number of aryl methyl sites for hydroxylation is 2. The summed E-state index contributed by atoms with van der Waals surface area (Å²) in [5, 5.41) is 1.00. The molecular formula is C20H26N2O3. The normalized spacial score (nSPS) is 16.9. The summed E-state index contributed by atoms with van der Waals surface area (Å²) in [4.78, 5) is 29.8. The molecule has 134 valence electrons. The van der Waals surface area contributed by atoms with E-state index in [0.717, 1.165) is 48.0 Å². The average molecular weight is 342 g/mol. The number of carbonyl (C=O) groups excluding carboxylic acids is 2. The molecular weight excluding hydrogens is 316 g/mol. The minimum absolute atomic E-state index is 0.108. The van der Waals surface area contributed by atoms with Crippen molar-refractivity contribution in [3.8, 4) is 0 Å². The number of fused-ring (bicyclic) bond motifs is 1. The van der Waals surface area contributed by atoms with E-state index in [-0.39, 0.29) is 5.91 Å². The highest BCUT2D eigenvalue weighted by atomic mass is 16.5. The molecule has 0 aliphatic carbocycles. The lowest BCUT2D eigenvalue weighted by Gasteiger charge is -2.31. The smallest absolute Gasteiger partial charge is 0.355 e. The Bertz CT molecular complexity index is 801. The van der Waals surface area contributed by atoms with Crippen molar-refractivity contribution in [2.75, 3.05) is 13.1 Å². The van der Waals surface area contributed by atoms with Gasteiger partial charge in [0.2, 0.25) is 0 Å². The summed E-state index contributed by atoms with van der Waals surface area (Å²) in [7, 11) is 0. The summed E-state index contributed by atoms with van der Waals surface area (Å²) in [5.74, 6) is 0.0582. The number of amides is 1. The Balaban J connectivity index is 1.69. The maximum atomic E-state index is 12.5. The van der Waals surface area contributed by atoms with Crippen LogP contribution in [-0.2, 0) is 9.53 Å². The zero-order chi connectivity index (χ0) is 18.1. The van der Waals surface area contributed by atoms with Gasteiger partial charge in [0.25, 0.3) is 5.91 Å². The molecule has 5 nitrogen and oxygen atoms in total. The van der Waals surface area contributed by atoms with Gasteiger partial charge in [-0.2, -0.15) is 0 Å². The van der Waals surface area contributed by atoms with Crippen LogP contribution in [0.4, 0.5) is 0 Å². The van der Waals surface area contributed by atoms with Crippen LogP contribution in [0.15, 0.2) is 18.2 Å². The number of hydrogen-bond donors (Lipinski definition) is 1. The van der Waals surface area contributed by atoms with Crippen LogP contribution in [0.1, 0.15) is 48.3 Å². The number of nitrogens with one attached hydrogen (secondary N) is 1. The third-order valence-corrected chi connectivity index (χ3v) is 5.04. The first-order valence-corrected chi connectivity index (χ1v) is 8.95. The fourth-order valence-corrected chi connectivity index (χ4v) is 3.47. The van der Waals surface area contributed by atoms with Crippen molar-refractivity contribution in [1.29, 1.82) is 0 Å². The van der Waals surface area contributed by atoms with Gasteiger partial charge >= 0.3 is 5.97 Å². The molecule has 1 N–H and O–H groups in total. The molecule has 0 bridgehead atoms. The number of aromatic nitrogens is 1. The number of rotatable bonds is 3. The molecule has 1 aliphatic rings. The summed E-state index contributed by atoms with van der Waals surface area (Å²) >= 11 is 0. The number of nitrogens with zero attached hydrogens (tertiary/aromatic N) is 1. The molecule has 2 heterocycles.